The van der Waals surface area contributed by atoms with Gasteiger partial charge in [0.05, 0.1) is 12.3 Å². The highest BCUT2D eigenvalue weighted by molar-refractivity contribution is 6.31. The standard InChI is InChI=1S/C13H12ClN3O2/c1-6-2-7(14)3-8-11(9(4-18)16-12(6)8)10-5-19-13(15)17-10/h2-3,5,16,18H,4H2,1H3,(H2,15,17). The van der Waals surface area contributed by atoms with Crippen molar-refractivity contribution in [1.82, 2.24) is 9.97 Å². The van der Waals surface area contributed by atoms with Crippen molar-refractivity contribution in [2.24, 2.45) is 0 Å². The molecule has 0 fully saturated rings. The molecule has 5 nitrogen and oxygen atoms in total. The third-order valence-electron chi connectivity index (χ3n) is 3.08. The molecule has 0 atom stereocenters. The van der Waals surface area contributed by atoms with E-state index in [4.69, 9.17) is 21.8 Å². The monoisotopic (exact) mass is 277 g/mol. The number of aromatic amines is 1. The highest BCUT2D eigenvalue weighted by Gasteiger charge is 2.17. The fourth-order valence-electron chi connectivity index (χ4n) is 2.30. The van der Waals surface area contributed by atoms with Gasteiger partial charge in [0, 0.05) is 21.5 Å². The number of nitrogens with zero attached hydrogens (tertiary/aromatic N) is 1. The van der Waals surface area contributed by atoms with Crippen LogP contribution in [0, 0.1) is 6.92 Å². The van der Waals surface area contributed by atoms with Crippen LogP contribution < -0.4 is 5.73 Å². The molecule has 2 heterocycles. The molecule has 19 heavy (non-hydrogen) atoms. The van der Waals surface area contributed by atoms with Gasteiger partial charge in [-0.2, -0.15) is 4.98 Å². The van der Waals surface area contributed by atoms with Gasteiger partial charge in [-0.25, -0.2) is 0 Å². The zero-order chi connectivity index (χ0) is 13.6. The van der Waals surface area contributed by atoms with Crippen molar-refractivity contribution in [2.45, 2.75) is 13.5 Å². The Hall–Kier alpha value is -1.98. The zero-order valence-corrected chi connectivity index (χ0v) is 11.0. The third-order valence-corrected chi connectivity index (χ3v) is 3.30. The van der Waals surface area contributed by atoms with Crippen molar-refractivity contribution in [3.63, 3.8) is 0 Å². The summed E-state index contributed by atoms with van der Waals surface area (Å²) in [5.74, 6) is 0. The van der Waals surface area contributed by atoms with E-state index in [1.807, 2.05) is 19.1 Å². The number of nitrogens with two attached hydrogens (primary N) is 1. The van der Waals surface area contributed by atoms with Crippen LogP contribution in [0.15, 0.2) is 22.8 Å². The minimum atomic E-state index is -0.131. The van der Waals surface area contributed by atoms with Crippen molar-refractivity contribution >= 4 is 28.5 Å². The molecular weight excluding hydrogens is 266 g/mol. The van der Waals surface area contributed by atoms with Gasteiger partial charge in [0.25, 0.3) is 6.01 Å². The molecule has 3 rings (SSSR count). The summed E-state index contributed by atoms with van der Waals surface area (Å²) in [4.78, 5) is 7.29. The van der Waals surface area contributed by atoms with E-state index in [-0.39, 0.29) is 12.6 Å². The lowest BCUT2D eigenvalue weighted by Gasteiger charge is -1.99. The Bertz CT molecular complexity index is 761. The molecule has 2 aromatic heterocycles. The summed E-state index contributed by atoms with van der Waals surface area (Å²) in [6.45, 7) is 1.82. The number of aryl methyl sites for hydroxylation is 1. The average Bonchev–Trinajstić information content (AvgIpc) is 2.92. The Balaban J connectivity index is 2.38. The molecule has 0 amide bonds. The summed E-state index contributed by atoms with van der Waals surface area (Å²) in [6, 6.07) is 3.79. The molecule has 98 valence electrons. The van der Waals surface area contributed by atoms with Crippen LogP contribution >= 0.6 is 11.6 Å². The highest BCUT2D eigenvalue weighted by Crippen LogP contribution is 2.35. The summed E-state index contributed by atoms with van der Waals surface area (Å²) in [6.07, 6.45) is 1.47. The van der Waals surface area contributed by atoms with E-state index in [2.05, 4.69) is 9.97 Å². The SMILES string of the molecule is Cc1cc(Cl)cc2c(-c3coc(N)n3)c(CO)[nH]c12. The Kier molecular flexibility index (Phi) is 2.73. The molecule has 0 spiro atoms. The van der Waals surface area contributed by atoms with Crippen LogP contribution in [0.3, 0.4) is 0 Å². The number of oxazole rings is 1. The van der Waals surface area contributed by atoms with Crippen LogP contribution in [0.2, 0.25) is 5.02 Å². The van der Waals surface area contributed by atoms with Gasteiger partial charge in [0.15, 0.2) is 0 Å². The van der Waals surface area contributed by atoms with Crippen LogP contribution in [0.4, 0.5) is 6.01 Å². The first kappa shape index (κ1) is 12.1. The number of anilines is 1. The van der Waals surface area contributed by atoms with Crippen molar-refractivity contribution in [3.05, 3.63) is 34.7 Å². The number of rotatable bonds is 2. The highest BCUT2D eigenvalue weighted by atomic mass is 35.5. The summed E-state index contributed by atoms with van der Waals surface area (Å²) in [5.41, 5.74) is 9.43. The van der Waals surface area contributed by atoms with Crippen LogP contribution in [-0.2, 0) is 6.61 Å². The van der Waals surface area contributed by atoms with E-state index in [9.17, 15) is 5.11 Å². The summed E-state index contributed by atoms with van der Waals surface area (Å²) >= 11 is 6.10. The second-order valence-electron chi connectivity index (χ2n) is 4.35. The summed E-state index contributed by atoms with van der Waals surface area (Å²) in [5, 5.41) is 11.0. The molecule has 0 saturated carbocycles. The van der Waals surface area contributed by atoms with Gasteiger partial charge in [-0.3, -0.25) is 0 Å². The predicted octanol–water partition coefficient (Wildman–Crippen LogP) is 2.86. The van der Waals surface area contributed by atoms with Crippen LogP contribution in [-0.4, -0.2) is 15.1 Å². The molecule has 0 aliphatic heterocycles. The van der Waals surface area contributed by atoms with Crippen LogP contribution in [0.25, 0.3) is 22.2 Å². The smallest absolute Gasteiger partial charge is 0.292 e. The van der Waals surface area contributed by atoms with Crippen molar-refractivity contribution in [3.8, 4) is 11.3 Å². The maximum Gasteiger partial charge on any atom is 0.292 e. The fraction of sp³-hybridized carbons (Fsp3) is 0.154. The minimum Gasteiger partial charge on any atom is -0.432 e. The van der Waals surface area contributed by atoms with Crippen LogP contribution in [0.5, 0.6) is 0 Å². The Morgan fingerprint density at radius 2 is 2.26 bits per heavy atom. The minimum absolute atomic E-state index is 0.0898. The Labute approximate surface area is 114 Å². The molecule has 0 unspecified atom stereocenters. The van der Waals surface area contributed by atoms with Crippen molar-refractivity contribution in [2.75, 3.05) is 5.73 Å². The third kappa shape index (κ3) is 1.87. The van der Waals surface area contributed by atoms with Crippen molar-refractivity contribution < 1.29 is 9.52 Å². The molecule has 0 bridgehead atoms. The van der Waals surface area contributed by atoms with E-state index < -0.39 is 0 Å². The first-order valence-electron chi connectivity index (χ1n) is 5.73. The number of benzene rings is 1. The number of halogens is 1. The largest absolute Gasteiger partial charge is 0.432 e. The summed E-state index contributed by atoms with van der Waals surface area (Å²) < 4.78 is 5.04. The van der Waals surface area contributed by atoms with Gasteiger partial charge >= 0.3 is 0 Å². The van der Waals surface area contributed by atoms with Crippen molar-refractivity contribution in [1.29, 1.82) is 0 Å². The molecule has 0 radical (unpaired) electrons. The zero-order valence-electron chi connectivity index (χ0n) is 10.2. The molecule has 1 aromatic carbocycles. The number of fused-ring (bicyclic) bond motifs is 1. The van der Waals surface area contributed by atoms with E-state index in [0.717, 1.165) is 22.0 Å². The number of aromatic nitrogens is 2. The molecule has 0 saturated heterocycles. The number of H-pyrrole nitrogens is 1. The average molecular weight is 278 g/mol. The normalized spacial score (nSPS) is 11.3. The molecular formula is C13H12ClN3O2. The predicted molar refractivity (Wildman–Crippen MR) is 73.9 cm³/mol. The van der Waals surface area contributed by atoms with E-state index in [0.29, 0.717) is 16.4 Å². The second-order valence-corrected chi connectivity index (χ2v) is 4.79. The van der Waals surface area contributed by atoms with Gasteiger partial charge < -0.3 is 20.2 Å². The quantitative estimate of drug-likeness (QED) is 0.672. The first-order chi connectivity index (χ1) is 9.10. The molecule has 4 N–H and O–H groups in total. The molecule has 6 heteroatoms. The maximum atomic E-state index is 9.49. The van der Waals surface area contributed by atoms with Gasteiger partial charge in [-0.05, 0) is 24.6 Å². The van der Waals surface area contributed by atoms with Crippen LogP contribution in [0.1, 0.15) is 11.3 Å². The Morgan fingerprint density at radius 1 is 1.47 bits per heavy atom. The molecule has 3 aromatic rings. The van der Waals surface area contributed by atoms with E-state index in [1.165, 1.54) is 6.26 Å². The number of hydrogen-bond donors (Lipinski definition) is 3. The Morgan fingerprint density at radius 3 is 2.89 bits per heavy atom. The number of aliphatic hydroxyl groups is 1. The molecule has 0 aliphatic carbocycles. The lowest BCUT2D eigenvalue weighted by atomic mass is 10.1. The topological polar surface area (TPSA) is 88.1 Å². The number of hydrogen-bond acceptors (Lipinski definition) is 4. The van der Waals surface area contributed by atoms with Gasteiger partial charge in [0.1, 0.15) is 12.0 Å². The first-order valence-corrected chi connectivity index (χ1v) is 6.11. The maximum absolute atomic E-state index is 9.49. The van der Waals surface area contributed by atoms with Gasteiger partial charge in [0.2, 0.25) is 0 Å². The number of nitrogen functional groups attached to an aromatic ring is 1. The van der Waals surface area contributed by atoms with E-state index >= 15 is 0 Å². The summed E-state index contributed by atoms with van der Waals surface area (Å²) in [7, 11) is 0. The second kappa shape index (κ2) is 4.29. The lowest BCUT2D eigenvalue weighted by molar-refractivity contribution is 0.278. The molecule has 0 aliphatic rings. The number of aliphatic hydroxyl groups excluding tert-OH is 1. The van der Waals surface area contributed by atoms with Gasteiger partial charge in [-0.15, -0.1) is 0 Å². The fourth-order valence-corrected chi connectivity index (χ4v) is 2.57. The number of nitrogens with one attached hydrogen (secondary N) is 1. The van der Waals surface area contributed by atoms with Gasteiger partial charge in [-0.1, -0.05) is 11.6 Å². The lowest BCUT2D eigenvalue weighted by Crippen LogP contribution is -1.88. The van der Waals surface area contributed by atoms with E-state index in [1.54, 1.807) is 0 Å².